The molecule has 0 radical (unpaired) electrons. The van der Waals surface area contributed by atoms with Gasteiger partial charge in [-0.2, -0.15) is 0 Å². The van der Waals surface area contributed by atoms with Crippen LogP contribution >= 0.6 is 11.6 Å². The molecule has 2 nitrogen and oxygen atoms in total. The molecule has 0 aromatic heterocycles. The Labute approximate surface area is 160 Å². The minimum atomic E-state index is -0.169. The average molecular weight is 373 g/mol. The Kier molecular flexibility index (Phi) is 4.58. The van der Waals surface area contributed by atoms with Crippen LogP contribution in [0.15, 0.2) is 42.5 Å². The van der Waals surface area contributed by atoms with Crippen molar-refractivity contribution in [2.75, 3.05) is 20.1 Å². The summed E-state index contributed by atoms with van der Waals surface area (Å²) in [6, 6.07) is 13.6. The number of piperazine rings is 1. The zero-order valence-corrected chi connectivity index (χ0v) is 16.4. The third-order valence-corrected chi connectivity index (χ3v) is 6.76. The van der Waals surface area contributed by atoms with Gasteiger partial charge in [0.1, 0.15) is 5.82 Å². The smallest absolute Gasteiger partial charge is 0.123 e. The van der Waals surface area contributed by atoms with E-state index in [2.05, 4.69) is 43.2 Å². The average Bonchev–Trinajstić information content (AvgIpc) is 2.95. The molecule has 1 saturated heterocycles. The molecule has 0 bridgehead atoms. The zero-order chi connectivity index (χ0) is 18.5. The summed E-state index contributed by atoms with van der Waals surface area (Å²) in [5.74, 6) is 0.403. The Bertz CT molecular complexity index is 820. The maximum atomic E-state index is 13.8. The van der Waals surface area contributed by atoms with Crippen molar-refractivity contribution in [3.63, 3.8) is 0 Å². The second-order valence-corrected chi connectivity index (χ2v) is 8.67. The van der Waals surface area contributed by atoms with Crippen LogP contribution in [0.3, 0.4) is 0 Å². The van der Waals surface area contributed by atoms with Gasteiger partial charge in [0.15, 0.2) is 0 Å². The zero-order valence-electron chi connectivity index (χ0n) is 15.6. The Morgan fingerprint density at radius 1 is 1.15 bits per heavy atom. The first-order valence-electron chi connectivity index (χ1n) is 9.37. The van der Waals surface area contributed by atoms with Gasteiger partial charge in [0, 0.05) is 41.5 Å². The summed E-state index contributed by atoms with van der Waals surface area (Å²) in [5, 5.41) is 4.54. The summed E-state index contributed by atoms with van der Waals surface area (Å²) in [6.45, 7) is 6.65. The van der Waals surface area contributed by atoms with Gasteiger partial charge in [-0.15, -0.1) is 0 Å². The molecule has 4 heteroatoms. The van der Waals surface area contributed by atoms with Crippen LogP contribution in [0.1, 0.15) is 48.8 Å². The highest BCUT2D eigenvalue weighted by Gasteiger charge is 2.45. The Balaban J connectivity index is 1.77. The van der Waals surface area contributed by atoms with Crippen molar-refractivity contribution in [1.82, 2.24) is 10.2 Å². The first kappa shape index (κ1) is 18.0. The number of nitrogens with zero attached hydrogens (tertiary/aromatic N) is 1. The van der Waals surface area contributed by atoms with Crippen molar-refractivity contribution < 1.29 is 4.39 Å². The molecule has 1 fully saturated rings. The molecule has 26 heavy (non-hydrogen) atoms. The number of fused-ring (bicyclic) bond motifs is 1. The third-order valence-electron chi connectivity index (χ3n) is 6.52. The molecule has 0 saturated carbocycles. The normalized spacial score (nSPS) is 28.1. The highest BCUT2D eigenvalue weighted by molar-refractivity contribution is 6.30. The van der Waals surface area contributed by atoms with E-state index >= 15 is 0 Å². The van der Waals surface area contributed by atoms with E-state index in [0.717, 1.165) is 30.1 Å². The van der Waals surface area contributed by atoms with Gasteiger partial charge in [0.25, 0.3) is 0 Å². The predicted molar refractivity (Wildman–Crippen MR) is 106 cm³/mol. The molecule has 2 aromatic carbocycles. The van der Waals surface area contributed by atoms with E-state index in [1.807, 2.05) is 18.2 Å². The maximum Gasteiger partial charge on any atom is 0.123 e. The number of benzene rings is 2. The van der Waals surface area contributed by atoms with Gasteiger partial charge in [-0.05, 0) is 68.3 Å². The third kappa shape index (κ3) is 2.96. The van der Waals surface area contributed by atoms with Gasteiger partial charge in [0.05, 0.1) is 0 Å². The van der Waals surface area contributed by atoms with Gasteiger partial charge in [0.2, 0.25) is 0 Å². The largest absolute Gasteiger partial charge is 0.310 e. The van der Waals surface area contributed by atoms with Crippen LogP contribution < -0.4 is 5.32 Å². The molecule has 1 aliphatic carbocycles. The number of nitrogens with one attached hydrogen (secondary N) is 1. The minimum Gasteiger partial charge on any atom is -0.310 e. The van der Waals surface area contributed by atoms with Crippen molar-refractivity contribution >= 4 is 11.6 Å². The first-order chi connectivity index (χ1) is 12.4. The van der Waals surface area contributed by atoms with E-state index in [9.17, 15) is 4.39 Å². The van der Waals surface area contributed by atoms with Gasteiger partial charge in [-0.1, -0.05) is 29.8 Å². The Hall–Kier alpha value is -1.42. The van der Waals surface area contributed by atoms with Crippen molar-refractivity contribution in [2.45, 2.75) is 43.7 Å². The van der Waals surface area contributed by atoms with Crippen LogP contribution in [0, 0.1) is 5.82 Å². The molecular weight excluding hydrogens is 347 g/mol. The van der Waals surface area contributed by atoms with Gasteiger partial charge >= 0.3 is 0 Å². The summed E-state index contributed by atoms with van der Waals surface area (Å²) in [5.41, 5.74) is 3.70. The lowest BCUT2D eigenvalue weighted by molar-refractivity contribution is 0.0609. The molecule has 3 unspecified atom stereocenters. The topological polar surface area (TPSA) is 15.3 Å². The fourth-order valence-corrected chi connectivity index (χ4v) is 5.02. The molecule has 4 rings (SSSR count). The molecular formula is C22H26ClFN2. The monoisotopic (exact) mass is 372 g/mol. The predicted octanol–water partition coefficient (Wildman–Crippen LogP) is 4.78. The van der Waals surface area contributed by atoms with E-state index in [0.29, 0.717) is 12.0 Å². The number of hydrogen-bond donors (Lipinski definition) is 1. The molecule has 0 amide bonds. The fraction of sp³-hybridized carbons (Fsp3) is 0.455. The highest BCUT2D eigenvalue weighted by Crippen LogP contribution is 2.49. The molecule has 1 N–H and O–H groups in total. The summed E-state index contributed by atoms with van der Waals surface area (Å²) in [7, 11) is 2.20. The second-order valence-electron chi connectivity index (χ2n) is 8.23. The second kappa shape index (κ2) is 6.63. The molecule has 2 aliphatic rings. The van der Waals surface area contributed by atoms with Crippen molar-refractivity contribution in [3.05, 3.63) is 70.0 Å². The van der Waals surface area contributed by atoms with Crippen LogP contribution in [0.25, 0.3) is 0 Å². The molecule has 3 atom stereocenters. The van der Waals surface area contributed by atoms with Crippen LogP contribution in [0.2, 0.25) is 5.02 Å². The van der Waals surface area contributed by atoms with E-state index in [1.54, 1.807) is 6.07 Å². The number of hydrogen-bond acceptors (Lipinski definition) is 2. The standard InChI is InChI=1S/C22H26ClFN2/c1-22(2)21(25-9-10-26(22)3)20-13-18(14-5-4-6-16(24)11-14)17-8-7-15(23)12-19(17)20/h4-8,11-12,18,20-21,25H,9-10,13H2,1-3H3. The Morgan fingerprint density at radius 2 is 1.96 bits per heavy atom. The number of halogens is 2. The van der Waals surface area contributed by atoms with Gasteiger partial charge in [-0.3, -0.25) is 4.90 Å². The van der Waals surface area contributed by atoms with E-state index < -0.39 is 0 Å². The molecule has 138 valence electrons. The van der Waals surface area contributed by atoms with Crippen LogP contribution in [-0.4, -0.2) is 36.6 Å². The number of rotatable bonds is 2. The first-order valence-corrected chi connectivity index (χ1v) is 9.75. The summed E-state index contributed by atoms with van der Waals surface area (Å²) in [6.07, 6.45) is 0.980. The summed E-state index contributed by atoms with van der Waals surface area (Å²) < 4.78 is 13.8. The maximum absolute atomic E-state index is 13.8. The summed E-state index contributed by atoms with van der Waals surface area (Å²) in [4.78, 5) is 2.44. The molecule has 1 aliphatic heterocycles. The molecule has 1 heterocycles. The van der Waals surface area contributed by atoms with E-state index in [4.69, 9.17) is 11.6 Å². The van der Waals surface area contributed by atoms with Crippen LogP contribution in [0.5, 0.6) is 0 Å². The Morgan fingerprint density at radius 3 is 2.73 bits per heavy atom. The summed E-state index contributed by atoms with van der Waals surface area (Å²) >= 11 is 6.36. The lowest BCUT2D eigenvalue weighted by Crippen LogP contribution is -2.64. The van der Waals surface area contributed by atoms with Gasteiger partial charge in [-0.25, -0.2) is 4.39 Å². The van der Waals surface area contributed by atoms with Crippen LogP contribution in [0.4, 0.5) is 4.39 Å². The fourth-order valence-electron chi connectivity index (χ4n) is 4.84. The quantitative estimate of drug-likeness (QED) is 0.816. The molecule has 2 aromatic rings. The van der Waals surface area contributed by atoms with Crippen molar-refractivity contribution in [2.24, 2.45) is 0 Å². The highest BCUT2D eigenvalue weighted by atomic mass is 35.5. The van der Waals surface area contributed by atoms with Crippen molar-refractivity contribution in [3.8, 4) is 0 Å². The van der Waals surface area contributed by atoms with Gasteiger partial charge < -0.3 is 5.32 Å². The van der Waals surface area contributed by atoms with Crippen LogP contribution in [-0.2, 0) is 0 Å². The minimum absolute atomic E-state index is 0.0410. The lowest BCUT2D eigenvalue weighted by Gasteiger charge is -2.49. The van der Waals surface area contributed by atoms with E-state index in [1.165, 1.54) is 17.2 Å². The molecule has 0 spiro atoms. The van der Waals surface area contributed by atoms with E-state index in [-0.39, 0.29) is 17.3 Å². The SMILES string of the molecule is CN1CCNC(C2CC(c3cccc(F)c3)c3ccc(Cl)cc32)C1(C)C. The lowest BCUT2D eigenvalue weighted by atomic mass is 9.78. The van der Waals surface area contributed by atoms with Crippen molar-refractivity contribution in [1.29, 1.82) is 0 Å². The number of likely N-dealkylation sites (N-methyl/N-ethyl adjacent to an activating group) is 1.